The van der Waals surface area contributed by atoms with Gasteiger partial charge in [-0.1, -0.05) is 44.2 Å². The van der Waals surface area contributed by atoms with Gasteiger partial charge in [-0.3, -0.25) is 52.8 Å². The number of nitrogens with one attached hydrogen (secondary N) is 7. The SMILES string of the molecule is CC[C@@]1(O)C(=O)OCc2c1cc1n(c2=O)Cc2c-1nc1cc(F)c(C)c3c1c2[C@@H](NC(=O)[C@H](OCNC(=O)CNC(=O)[C@H](Cc1ccccc1)NC(=O)CNC(=O)CNC(=O)[C@H](CNCC(=O)O)N1C(=O)CC(C)C1=O)C(F)(F)F)CC3. The topological polar surface area (TPSA) is 352 Å². The molecule has 1 unspecified atom stereocenters. The summed E-state index contributed by atoms with van der Waals surface area (Å²) in [6.45, 7) is -0.791. The van der Waals surface area contributed by atoms with Gasteiger partial charge in [-0.05, 0) is 54.5 Å². The summed E-state index contributed by atoms with van der Waals surface area (Å²) in [6, 6.07) is 6.60. The number of aromatic nitrogens is 2. The number of rotatable bonds is 22. The van der Waals surface area contributed by atoms with E-state index in [2.05, 4.69) is 31.9 Å². The normalized spacial score (nSPS) is 19.0. The highest BCUT2D eigenvalue weighted by atomic mass is 19.4. The largest absolute Gasteiger partial charge is 0.480 e. The predicted octanol–water partition coefficient (Wildman–Crippen LogP) is -0.834. The summed E-state index contributed by atoms with van der Waals surface area (Å²) in [5, 5.41) is 36.7. The zero-order valence-electron chi connectivity index (χ0n) is 44.2. The third kappa shape index (κ3) is 12.3. The van der Waals surface area contributed by atoms with Crippen LogP contribution in [0.2, 0.25) is 0 Å². The number of carboxylic acids is 1. The minimum atomic E-state index is -5.36. The number of hydrogen-bond donors (Lipinski definition) is 9. The fourth-order valence-electron chi connectivity index (χ4n) is 10.4. The van der Waals surface area contributed by atoms with E-state index >= 15 is 4.39 Å². The number of aliphatic hydroxyl groups is 1. The highest BCUT2D eigenvalue weighted by Crippen LogP contribution is 2.46. The van der Waals surface area contributed by atoms with Gasteiger partial charge >= 0.3 is 18.1 Å². The number of cyclic esters (lactones) is 1. The number of fused-ring (bicyclic) bond motifs is 5. The number of aryl methyl sites for hydroxylation is 1. The number of likely N-dealkylation sites (tertiary alicyclic amines) is 1. The first-order chi connectivity index (χ1) is 38.8. The summed E-state index contributed by atoms with van der Waals surface area (Å²) in [4.78, 5) is 147. The van der Waals surface area contributed by atoms with Crippen LogP contribution in [0.1, 0.15) is 78.1 Å². The Morgan fingerprint density at radius 3 is 2.23 bits per heavy atom. The molecule has 4 aromatic rings. The molecule has 4 aliphatic rings. The molecular formula is C53H56F4N10O15. The lowest BCUT2D eigenvalue weighted by atomic mass is 9.81. The summed E-state index contributed by atoms with van der Waals surface area (Å²) < 4.78 is 70.8. The van der Waals surface area contributed by atoms with E-state index in [9.17, 15) is 71.0 Å². The number of alkyl halides is 3. The van der Waals surface area contributed by atoms with Crippen LogP contribution in [0.3, 0.4) is 0 Å². The van der Waals surface area contributed by atoms with Gasteiger partial charge in [0.25, 0.3) is 11.5 Å². The molecule has 25 nitrogen and oxygen atoms in total. The van der Waals surface area contributed by atoms with Crippen molar-refractivity contribution in [1.29, 1.82) is 0 Å². The third-order valence-electron chi connectivity index (χ3n) is 14.6. The predicted molar refractivity (Wildman–Crippen MR) is 273 cm³/mol. The Hall–Kier alpha value is -8.70. The summed E-state index contributed by atoms with van der Waals surface area (Å²) in [7, 11) is 0. The maximum atomic E-state index is 15.4. The number of carboxylic acid groups (broad SMARTS) is 1. The van der Waals surface area contributed by atoms with Gasteiger partial charge in [0.05, 0.1) is 61.2 Å². The Kier molecular flexibility index (Phi) is 17.5. The number of halogens is 4. The average Bonchev–Trinajstić information content (AvgIpc) is 3.04. The van der Waals surface area contributed by atoms with Crippen molar-refractivity contribution in [2.45, 2.75) is 102 Å². The molecule has 0 spiro atoms. The van der Waals surface area contributed by atoms with Gasteiger partial charge in [-0.25, -0.2) is 14.2 Å². The Balaban J connectivity index is 0.884. The lowest BCUT2D eigenvalue weighted by molar-refractivity contribution is -0.220. The molecule has 0 saturated carbocycles. The number of benzene rings is 2. The number of pyridine rings is 2. The first kappa shape index (κ1) is 59.4. The number of hydrogen-bond acceptors (Lipinski definition) is 16. The number of carbonyl (C=O) groups excluding carboxylic acids is 9. The molecule has 5 heterocycles. The average molecular weight is 1150 g/mol. The quantitative estimate of drug-likeness (QED) is 0.0177. The molecule has 82 heavy (non-hydrogen) atoms. The zero-order valence-corrected chi connectivity index (χ0v) is 44.2. The number of ether oxygens (including phenoxy) is 2. The molecule has 8 rings (SSSR count). The maximum absolute atomic E-state index is 15.4. The number of carbonyl (C=O) groups is 10. The lowest BCUT2D eigenvalue weighted by Gasteiger charge is -2.31. The van der Waals surface area contributed by atoms with Crippen molar-refractivity contribution in [3.8, 4) is 11.4 Å². The van der Waals surface area contributed by atoms with Gasteiger partial charge in [-0.2, -0.15) is 13.2 Å². The van der Waals surface area contributed by atoms with Crippen LogP contribution >= 0.6 is 0 Å². The summed E-state index contributed by atoms with van der Waals surface area (Å²) >= 11 is 0. The van der Waals surface area contributed by atoms with E-state index in [1.165, 1.54) is 31.4 Å². The number of amides is 8. The number of nitrogens with zero attached hydrogens (tertiary/aromatic N) is 3. The minimum Gasteiger partial charge on any atom is -0.480 e. The molecule has 2 aromatic heterocycles. The first-order valence-corrected chi connectivity index (χ1v) is 25.8. The van der Waals surface area contributed by atoms with Crippen LogP contribution in [-0.4, -0.2) is 148 Å². The van der Waals surface area contributed by atoms with Crippen LogP contribution in [0, 0.1) is 18.7 Å². The first-order valence-electron chi connectivity index (χ1n) is 25.8. The fraction of sp³-hybridized carbons (Fsp3) is 0.434. The lowest BCUT2D eigenvalue weighted by Crippen LogP contribution is -2.56. The molecule has 8 amide bonds. The number of aliphatic carboxylic acids is 1. The molecule has 1 fully saturated rings. The van der Waals surface area contributed by atoms with Crippen LogP contribution in [0.15, 0.2) is 47.3 Å². The van der Waals surface area contributed by atoms with Gasteiger partial charge in [0.1, 0.15) is 31.2 Å². The molecule has 0 radical (unpaired) electrons. The van der Waals surface area contributed by atoms with Crippen LogP contribution in [-0.2, 0) is 89.0 Å². The molecule has 3 aliphatic heterocycles. The van der Waals surface area contributed by atoms with E-state index in [1.54, 1.807) is 30.3 Å². The van der Waals surface area contributed by atoms with Crippen LogP contribution in [0.4, 0.5) is 17.6 Å². The smallest absolute Gasteiger partial charge is 0.423 e. The van der Waals surface area contributed by atoms with E-state index < -0.39 is 159 Å². The number of esters is 1. The summed E-state index contributed by atoms with van der Waals surface area (Å²) in [5.41, 5.74) is -0.704. The van der Waals surface area contributed by atoms with Crippen molar-refractivity contribution in [2.75, 3.05) is 39.5 Å². The van der Waals surface area contributed by atoms with Crippen molar-refractivity contribution >= 4 is 70.1 Å². The highest BCUT2D eigenvalue weighted by Gasteiger charge is 2.49. The Labute approximate surface area is 462 Å². The molecule has 436 valence electrons. The van der Waals surface area contributed by atoms with Crippen LogP contribution in [0.5, 0.6) is 0 Å². The van der Waals surface area contributed by atoms with Crippen molar-refractivity contribution in [3.63, 3.8) is 0 Å². The van der Waals surface area contributed by atoms with Crippen molar-refractivity contribution in [3.05, 3.63) is 97.6 Å². The van der Waals surface area contributed by atoms with Crippen LogP contribution in [0.25, 0.3) is 22.3 Å². The van der Waals surface area contributed by atoms with Gasteiger partial charge < -0.3 is 61.5 Å². The maximum Gasteiger partial charge on any atom is 0.423 e. The second kappa shape index (κ2) is 24.2. The van der Waals surface area contributed by atoms with Gasteiger partial charge in [0.2, 0.25) is 47.5 Å². The summed E-state index contributed by atoms with van der Waals surface area (Å²) in [6.07, 6.45) is -9.00. The molecular weight excluding hydrogens is 1090 g/mol. The minimum absolute atomic E-state index is 0.0000191. The molecule has 2 aromatic carbocycles. The van der Waals surface area contributed by atoms with Gasteiger partial charge in [-0.15, -0.1) is 0 Å². The highest BCUT2D eigenvalue weighted by molar-refractivity contribution is 6.07. The van der Waals surface area contributed by atoms with E-state index in [0.717, 1.165) is 6.07 Å². The van der Waals surface area contributed by atoms with Crippen molar-refractivity contribution in [2.24, 2.45) is 5.92 Å². The van der Waals surface area contributed by atoms with E-state index in [1.807, 2.05) is 5.32 Å². The van der Waals surface area contributed by atoms with Crippen molar-refractivity contribution < 1.29 is 85.2 Å². The zero-order chi connectivity index (χ0) is 59.5. The second-order valence-electron chi connectivity index (χ2n) is 20.0. The summed E-state index contributed by atoms with van der Waals surface area (Å²) in [5.74, 6) is -11.5. The molecule has 9 N–H and O–H groups in total. The standard InChI is InChI=1S/C53H56F4N10O15/c1-4-52(80)30-14-35-44-28(21-66(35)50(78)29(30)22-81-51(52)79)43-32(11-10-27-25(3)31(54)15-33(64-44)42(27)43)65-48(76)45(53(55,56)57)82-23-62-38(69)18-60-46(74)34(13-26-8-6-5-7-9-26)63-39(70)19-59-37(68)17-61-47(75)36(16-58-20-41(72)73)67-40(71)12-24(2)49(67)77/h5-9,14-15,24,32,34,36,45,58,80H,4,10-13,16-23H2,1-3H3,(H,59,68)(H,60,74)(H,61,75)(H,62,69)(H,63,70)(H,65,76)(H,72,73)/t24?,32-,34-,36-,45-,52-/m0/s1. The second-order valence-corrected chi connectivity index (χ2v) is 20.0. The van der Waals surface area contributed by atoms with Crippen molar-refractivity contribution in [1.82, 2.24) is 51.7 Å². The monoisotopic (exact) mass is 1150 g/mol. The fourth-order valence-corrected chi connectivity index (χ4v) is 10.4. The Bertz CT molecular complexity index is 3380. The van der Waals surface area contributed by atoms with E-state index in [4.69, 9.17) is 19.6 Å². The van der Waals surface area contributed by atoms with E-state index in [0.29, 0.717) is 27.0 Å². The third-order valence-corrected chi connectivity index (χ3v) is 14.6. The number of imide groups is 1. The molecule has 1 saturated heterocycles. The van der Waals surface area contributed by atoms with Crippen LogP contribution < -0.4 is 42.8 Å². The molecule has 29 heteroatoms. The Morgan fingerprint density at radius 1 is 0.890 bits per heavy atom. The molecule has 0 bridgehead atoms. The Morgan fingerprint density at radius 2 is 1.57 bits per heavy atom. The van der Waals surface area contributed by atoms with Gasteiger partial charge in [0.15, 0.2) is 5.60 Å². The van der Waals surface area contributed by atoms with E-state index in [-0.39, 0.29) is 77.8 Å². The molecule has 1 aliphatic carbocycles. The molecule has 6 atom stereocenters. The van der Waals surface area contributed by atoms with Gasteiger partial charge in [0, 0.05) is 47.9 Å².